The zero-order valence-electron chi connectivity index (χ0n) is 12.9. The molecular weight excluding hydrogens is 310 g/mol. The van der Waals surface area contributed by atoms with Gasteiger partial charge < -0.3 is 15.2 Å². The molecule has 0 saturated heterocycles. The first kappa shape index (κ1) is 16.2. The smallest absolute Gasteiger partial charge is 0.262 e. The highest BCUT2D eigenvalue weighted by molar-refractivity contribution is 7.12. The van der Waals surface area contributed by atoms with Crippen LogP contribution in [0.5, 0.6) is 0 Å². The molecule has 1 aromatic heterocycles. The molecule has 1 aliphatic rings. The van der Waals surface area contributed by atoms with E-state index < -0.39 is 6.10 Å². The lowest BCUT2D eigenvalue weighted by atomic mass is 10.1. The number of carbonyl (C=O) groups excluding carboxylic acids is 1. The molecule has 3 rings (SSSR count). The molecule has 5 heteroatoms. The Morgan fingerprint density at radius 2 is 2.09 bits per heavy atom. The topological polar surface area (TPSA) is 58.6 Å². The maximum Gasteiger partial charge on any atom is 0.262 e. The van der Waals surface area contributed by atoms with Crippen molar-refractivity contribution in [2.75, 3.05) is 19.8 Å². The van der Waals surface area contributed by atoms with Crippen molar-refractivity contribution in [1.29, 1.82) is 0 Å². The molecule has 0 bridgehead atoms. The van der Waals surface area contributed by atoms with E-state index in [4.69, 9.17) is 4.74 Å². The van der Waals surface area contributed by atoms with Gasteiger partial charge in [0.05, 0.1) is 17.6 Å². The van der Waals surface area contributed by atoms with Crippen molar-refractivity contribution in [2.45, 2.75) is 18.9 Å². The lowest BCUT2D eigenvalue weighted by Gasteiger charge is -2.12. The standard InChI is InChI=1S/C18H21NO3S/c20-15(12-22-11-13-6-7-13)10-19-18(21)17-16(8-9-23-17)14-4-2-1-3-5-14/h1-5,8-9,13,15,20H,6-7,10-12H2,(H,19,21). The molecule has 1 aliphatic carbocycles. The Balaban J connectivity index is 1.51. The van der Waals surface area contributed by atoms with E-state index in [1.165, 1.54) is 24.2 Å². The van der Waals surface area contributed by atoms with Gasteiger partial charge in [0, 0.05) is 18.7 Å². The quantitative estimate of drug-likeness (QED) is 0.782. The van der Waals surface area contributed by atoms with Gasteiger partial charge in [-0.15, -0.1) is 11.3 Å². The van der Waals surface area contributed by atoms with Crippen LogP contribution in [0, 0.1) is 5.92 Å². The fourth-order valence-electron chi connectivity index (χ4n) is 2.34. The Bertz CT molecular complexity index is 637. The Hall–Kier alpha value is -1.69. The lowest BCUT2D eigenvalue weighted by Crippen LogP contribution is -2.34. The van der Waals surface area contributed by atoms with Gasteiger partial charge in [-0.1, -0.05) is 30.3 Å². The van der Waals surface area contributed by atoms with Crippen LogP contribution in [0.25, 0.3) is 11.1 Å². The molecule has 122 valence electrons. The minimum absolute atomic E-state index is 0.153. The van der Waals surface area contributed by atoms with E-state index in [0.29, 0.717) is 17.4 Å². The predicted octanol–water partition coefficient (Wildman–Crippen LogP) is 2.93. The molecule has 0 aliphatic heterocycles. The second-order valence-corrected chi connectivity index (χ2v) is 6.79. The molecule has 1 heterocycles. The van der Waals surface area contributed by atoms with Crippen molar-refractivity contribution >= 4 is 17.2 Å². The number of aliphatic hydroxyl groups is 1. The number of rotatable bonds is 8. The summed E-state index contributed by atoms with van der Waals surface area (Å²) >= 11 is 1.41. The van der Waals surface area contributed by atoms with Gasteiger partial charge >= 0.3 is 0 Å². The van der Waals surface area contributed by atoms with Crippen molar-refractivity contribution in [3.8, 4) is 11.1 Å². The third kappa shape index (κ3) is 4.64. The van der Waals surface area contributed by atoms with Crippen LogP contribution in [0.4, 0.5) is 0 Å². The van der Waals surface area contributed by atoms with Crippen LogP contribution in [0.2, 0.25) is 0 Å². The molecule has 1 amide bonds. The fourth-order valence-corrected chi connectivity index (χ4v) is 3.17. The minimum Gasteiger partial charge on any atom is -0.389 e. The van der Waals surface area contributed by atoms with Gasteiger partial charge in [-0.05, 0) is 35.8 Å². The highest BCUT2D eigenvalue weighted by Gasteiger charge is 2.22. The highest BCUT2D eigenvalue weighted by atomic mass is 32.1. The third-order valence-electron chi connectivity index (χ3n) is 3.82. The Kier molecular flexibility index (Phi) is 5.43. The number of carbonyl (C=O) groups is 1. The largest absolute Gasteiger partial charge is 0.389 e. The highest BCUT2D eigenvalue weighted by Crippen LogP contribution is 2.29. The third-order valence-corrected chi connectivity index (χ3v) is 4.73. The first-order valence-corrected chi connectivity index (χ1v) is 8.79. The van der Waals surface area contributed by atoms with Crippen LogP contribution in [0.1, 0.15) is 22.5 Å². The van der Waals surface area contributed by atoms with Crippen LogP contribution >= 0.6 is 11.3 Å². The summed E-state index contributed by atoms with van der Waals surface area (Å²) in [5, 5.41) is 14.6. The molecule has 1 aromatic carbocycles. The first-order valence-electron chi connectivity index (χ1n) is 7.91. The summed E-state index contributed by atoms with van der Waals surface area (Å²) < 4.78 is 5.44. The number of aliphatic hydroxyl groups excluding tert-OH is 1. The molecular formula is C18H21NO3S. The van der Waals surface area contributed by atoms with E-state index in [0.717, 1.165) is 11.1 Å². The second-order valence-electron chi connectivity index (χ2n) is 5.87. The molecule has 1 fully saturated rings. The van der Waals surface area contributed by atoms with Crippen LogP contribution in [-0.2, 0) is 4.74 Å². The number of hydrogen-bond donors (Lipinski definition) is 2. The van der Waals surface area contributed by atoms with Crippen molar-refractivity contribution in [1.82, 2.24) is 5.32 Å². The zero-order valence-corrected chi connectivity index (χ0v) is 13.7. The second kappa shape index (κ2) is 7.73. The van der Waals surface area contributed by atoms with E-state index >= 15 is 0 Å². The summed E-state index contributed by atoms with van der Waals surface area (Å²) in [5.41, 5.74) is 1.94. The van der Waals surface area contributed by atoms with Crippen LogP contribution in [0.15, 0.2) is 41.8 Å². The molecule has 0 radical (unpaired) electrons. The molecule has 1 atom stereocenters. The molecule has 2 aromatic rings. The van der Waals surface area contributed by atoms with E-state index in [-0.39, 0.29) is 19.1 Å². The summed E-state index contributed by atoms with van der Waals surface area (Å²) in [6, 6.07) is 11.8. The number of ether oxygens (including phenoxy) is 1. The van der Waals surface area contributed by atoms with Crippen molar-refractivity contribution in [2.24, 2.45) is 5.92 Å². The Morgan fingerprint density at radius 3 is 2.83 bits per heavy atom. The predicted molar refractivity (Wildman–Crippen MR) is 91.6 cm³/mol. The number of thiophene rings is 1. The monoisotopic (exact) mass is 331 g/mol. The summed E-state index contributed by atoms with van der Waals surface area (Å²) in [5.74, 6) is 0.524. The zero-order chi connectivity index (χ0) is 16.1. The molecule has 1 unspecified atom stereocenters. The van der Waals surface area contributed by atoms with Crippen LogP contribution < -0.4 is 5.32 Å². The molecule has 0 spiro atoms. The van der Waals surface area contributed by atoms with Crippen molar-refractivity contribution in [3.63, 3.8) is 0 Å². The SMILES string of the molecule is O=C(NCC(O)COCC1CC1)c1sccc1-c1ccccc1. The van der Waals surface area contributed by atoms with Crippen LogP contribution in [0.3, 0.4) is 0 Å². The van der Waals surface area contributed by atoms with Crippen molar-refractivity contribution < 1.29 is 14.6 Å². The van der Waals surface area contributed by atoms with Gasteiger partial charge in [0.1, 0.15) is 0 Å². The van der Waals surface area contributed by atoms with Gasteiger partial charge in [0.25, 0.3) is 5.91 Å². The minimum atomic E-state index is -0.669. The van der Waals surface area contributed by atoms with E-state index in [2.05, 4.69) is 5.32 Å². The average molecular weight is 331 g/mol. The van der Waals surface area contributed by atoms with Gasteiger partial charge in [-0.2, -0.15) is 0 Å². The number of hydrogen-bond acceptors (Lipinski definition) is 4. The number of amides is 1. The van der Waals surface area contributed by atoms with E-state index in [1.807, 2.05) is 41.8 Å². The van der Waals surface area contributed by atoms with Crippen LogP contribution in [-0.4, -0.2) is 36.9 Å². The van der Waals surface area contributed by atoms with Gasteiger partial charge in [-0.3, -0.25) is 4.79 Å². The van der Waals surface area contributed by atoms with E-state index in [1.54, 1.807) is 0 Å². The fraction of sp³-hybridized carbons (Fsp3) is 0.389. The maximum atomic E-state index is 12.3. The van der Waals surface area contributed by atoms with Gasteiger partial charge in [0.2, 0.25) is 0 Å². The average Bonchev–Trinajstić information content (AvgIpc) is 3.26. The van der Waals surface area contributed by atoms with Gasteiger partial charge in [0.15, 0.2) is 0 Å². The normalized spacial score (nSPS) is 15.3. The van der Waals surface area contributed by atoms with E-state index in [9.17, 15) is 9.90 Å². The molecule has 23 heavy (non-hydrogen) atoms. The lowest BCUT2D eigenvalue weighted by molar-refractivity contribution is 0.0321. The summed E-state index contributed by atoms with van der Waals surface area (Å²) in [4.78, 5) is 13.0. The summed E-state index contributed by atoms with van der Waals surface area (Å²) in [6.45, 7) is 1.19. The maximum absolute atomic E-state index is 12.3. The first-order chi connectivity index (χ1) is 11.2. The van der Waals surface area contributed by atoms with Gasteiger partial charge in [-0.25, -0.2) is 0 Å². The molecule has 2 N–H and O–H groups in total. The summed E-state index contributed by atoms with van der Waals surface area (Å²) in [6.07, 6.45) is 1.79. The number of benzene rings is 1. The summed E-state index contributed by atoms with van der Waals surface area (Å²) in [7, 11) is 0. The Morgan fingerprint density at radius 1 is 1.30 bits per heavy atom. The Labute approximate surface area is 140 Å². The van der Waals surface area contributed by atoms with Crippen molar-refractivity contribution in [3.05, 3.63) is 46.7 Å². The number of nitrogens with one attached hydrogen (secondary N) is 1. The molecule has 4 nitrogen and oxygen atoms in total. The molecule has 1 saturated carbocycles.